The first kappa shape index (κ1) is 16.0. The molecule has 2 atom stereocenters. The highest BCUT2D eigenvalue weighted by molar-refractivity contribution is 5.91. The van der Waals surface area contributed by atoms with E-state index in [-0.39, 0.29) is 5.91 Å². The van der Waals surface area contributed by atoms with E-state index in [0.29, 0.717) is 24.2 Å². The van der Waals surface area contributed by atoms with E-state index in [1.807, 2.05) is 13.2 Å². The SMILES string of the molecule is CC(C)c1nn(C)cc1NC(=O)CC(C)C1CCCNC1. The average Bonchev–Trinajstić information content (AvgIpc) is 2.80. The third-order valence-electron chi connectivity index (χ3n) is 4.33. The Morgan fingerprint density at radius 3 is 2.90 bits per heavy atom. The molecule has 0 aliphatic carbocycles. The minimum atomic E-state index is 0.1000. The predicted molar refractivity (Wildman–Crippen MR) is 85.3 cm³/mol. The van der Waals surface area contributed by atoms with E-state index in [4.69, 9.17) is 0 Å². The van der Waals surface area contributed by atoms with Crippen LogP contribution in [0, 0.1) is 11.8 Å². The van der Waals surface area contributed by atoms with Gasteiger partial charge in [0.2, 0.25) is 5.91 Å². The van der Waals surface area contributed by atoms with Gasteiger partial charge in [0.25, 0.3) is 0 Å². The molecule has 1 aromatic heterocycles. The quantitative estimate of drug-likeness (QED) is 0.876. The zero-order chi connectivity index (χ0) is 15.4. The molecule has 5 heteroatoms. The van der Waals surface area contributed by atoms with E-state index in [0.717, 1.165) is 24.5 Å². The number of amides is 1. The van der Waals surface area contributed by atoms with Crippen molar-refractivity contribution in [3.05, 3.63) is 11.9 Å². The topological polar surface area (TPSA) is 59.0 Å². The zero-order valence-electron chi connectivity index (χ0n) is 13.6. The van der Waals surface area contributed by atoms with E-state index < -0.39 is 0 Å². The summed E-state index contributed by atoms with van der Waals surface area (Å²) in [6, 6.07) is 0. The Kier molecular flexibility index (Phi) is 5.39. The molecule has 1 aromatic rings. The normalized spacial score (nSPS) is 20.5. The van der Waals surface area contributed by atoms with Gasteiger partial charge >= 0.3 is 0 Å². The summed E-state index contributed by atoms with van der Waals surface area (Å²) in [5.74, 6) is 1.43. The number of aryl methyl sites for hydroxylation is 1. The van der Waals surface area contributed by atoms with Crippen LogP contribution in [0.15, 0.2) is 6.20 Å². The van der Waals surface area contributed by atoms with Gasteiger partial charge in [0.1, 0.15) is 0 Å². The summed E-state index contributed by atoms with van der Waals surface area (Å²) in [4.78, 5) is 12.3. The third kappa shape index (κ3) is 4.30. The van der Waals surface area contributed by atoms with Crippen molar-refractivity contribution in [2.45, 2.75) is 46.0 Å². The summed E-state index contributed by atoms with van der Waals surface area (Å²) in [5, 5.41) is 10.9. The van der Waals surface area contributed by atoms with Crippen LogP contribution in [0.2, 0.25) is 0 Å². The van der Waals surface area contributed by atoms with Gasteiger partial charge in [-0.3, -0.25) is 9.48 Å². The number of carbonyl (C=O) groups is 1. The molecule has 118 valence electrons. The monoisotopic (exact) mass is 292 g/mol. The highest BCUT2D eigenvalue weighted by atomic mass is 16.1. The molecule has 0 spiro atoms. The number of hydrogen-bond donors (Lipinski definition) is 2. The molecule has 21 heavy (non-hydrogen) atoms. The molecule has 0 aromatic carbocycles. The van der Waals surface area contributed by atoms with Crippen molar-refractivity contribution >= 4 is 11.6 Å². The first-order valence-corrected chi connectivity index (χ1v) is 8.01. The van der Waals surface area contributed by atoms with Crippen LogP contribution < -0.4 is 10.6 Å². The maximum atomic E-state index is 12.3. The van der Waals surface area contributed by atoms with Gasteiger partial charge in [0.05, 0.1) is 11.4 Å². The molecule has 2 heterocycles. The molecule has 2 N–H and O–H groups in total. The van der Waals surface area contributed by atoms with Crippen molar-refractivity contribution in [1.29, 1.82) is 0 Å². The standard InChI is InChI=1S/C16H28N4O/c1-11(2)16-14(10-20(4)19-16)18-15(21)8-12(3)13-6-5-7-17-9-13/h10-13,17H,5-9H2,1-4H3,(H,18,21). The number of hydrogen-bond acceptors (Lipinski definition) is 3. The first-order chi connectivity index (χ1) is 9.97. The highest BCUT2D eigenvalue weighted by Gasteiger charge is 2.23. The van der Waals surface area contributed by atoms with Crippen molar-refractivity contribution in [3.63, 3.8) is 0 Å². The van der Waals surface area contributed by atoms with E-state index in [9.17, 15) is 4.79 Å². The third-order valence-corrected chi connectivity index (χ3v) is 4.33. The van der Waals surface area contributed by atoms with Gasteiger partial charge in [0, 0.05) is 19.7 Å². The van der Waals surface area contributed by atoms with Crippen molar-refractivity contribution in [1.82, 2.24) is 15.1 Å². The molecule has 1 amide bonds. The van der Waals surface area contributed by atoms with Gasteiger partial charge in [-0.1, -0.05) is 20.8 Å². The second-order valence-electron chi connectivity index (χ2n) is 6.59. The number of anilines is 1. The van der Waals surface area contributed by atoms with Crippen molar-refractivity contribution in [2.24, 2.45) is 18.9 Å². The zero-order valence-corrected chi connectivity index (χ0v) is 13.6. The lowest BCUT2D eigenvalue weighted by Crippen LogP contribution is -2.34. The summed E-state index contributed by atoms with van der Waals surface area (Å²) >= 11 is 0. The minimum absolute atomic E-state index is 0.1000. The van der Waals surface area contributed by atoms with Gasteiger partial charge in [-0.05, 0) is 43.7 Å². The second-order valence-corrected chi connectivity index (χ2v) is 6.59. The van der Waals surface area contributed by atoms with E-state index in [2.05, 4.69) is 36.5 Å². The maximum absolute atomic E-state index is 12.3. The first-order valence-electron chi connectivity index (χ1n) is 8.01. The number of rotatable bonds is 5. The van der Waals surface area contributed by atoms with E-state index in [1.165, 1.54) is 12.8 Å². The van der Waals surface area contributed by atoms with E-state index in [1.54, 1.807) is 4.68 Å². The van der Waals surface area contributed by atoms with Crippen LogP contribution in [0.4, 0.5) is 5.69 Å². The second kappa shape index (κ2) is 7.07. The number of nitrogens with one attached hydrogen (secondary N) is 2. The summed E-state index contributed by atoms with van der Waals surface area (Å²) in [5.41, 5.74) is 1.81. The molecule has 1 aliphatic rings. The lowest BCUT2D eigenvalue weighted by atomic mass is 9.85. The molecule has 0 radical (unpaired) electrons. The summed E-state index contributed by atoms with van der Waals surface area (Å²) < 4.78 is 1.76. The van der Waals surface area contributed by atoms with Crippen LogP contribution >= 0.6 is 0 Å². The molecule has 1 fully saturated rings. The van der Waals surface area contributed by atoms with E-state index >= 15 is 0 Å². The molecule has 1 saturated heterocycles. The fourth-order valence-electron chi connectivity index (χ4n) is 3.05. The lowest BCUT2D eigenvalue weighted by Gasteiger charge is -2.28. The highest BCUT2D eigenvalue weighted by Crippen LogP contribution is 2.25. The number of aromatic nitrogens is 2. The lowest BCUT2D eigenvalue weighted by molar-refractivity contribution is -0.117. The van der Waals surface area contributed by atoms with Gasteiger partial charge < -0.3 is 10.6 Å². The molecular weight excluding hydrogens is 264 g/mol. The summed E-state index contributed by atoms with van der Waals surface area (Å²) in [7, 11) is 1.89. The molecule has 2 unspecified atom stereocenters. The number of carbonyl (C=O) groups excluding carboxylic acids is 1. The van der Waals surface area contributed by atoms with Crippen molar-refractivity contribution in [2.75, 3.05) is 18.4 Å². The van der Waals surface area contributed by atoms with Crippen LogP contribution in [0.1, 0.15) is 51.6 Å². The molecule has 0 saturated carbocycles. The van der Waals surface area contributed by atoms with Crippen LogP contribution in [0.25, 0.3) is 0 Å². The average molecular weight is 292 g/mol. The smallest absolute Gasteiger partial charge is 0.224 e. The predicted octanol–water partition coefficient (Wildman–Crippen LogP) is 2.51. The Hall–Kier alpha value is -1.36. The fraction of sp³-hybridized carbons (Fsp3) is 0.750. The molecule has 5 nitrogen and oxygen atoms in total. The number of nitrogens with zero attached hydrogens (tertiary/aromatic N) is 2. The molecule has 0 bridgehead atoms. The Bertz CT molecular complexity index is 475. The fourth-order valence-corrected chi connectivity index (χ4v) is 3.05. The molecule has 1 aliphatic heterocycles. The Balaban J connectivity index is 1.92. The van der Waals surface area contributed by atoms with Gasteiger partial charge in [-0.2, -0.15) is 5.10 Å². The number of piperidine rings is 1. The molecular formula is C16H28N4O. The Morgan fingerprint density at radius 2 is 2.29 bits per heavy atom. The Morgan fingerprint density at radius 1 is 1.52 bits per heavy atom. The largest absolute Gasteiger partial charge is 0.323 e. The maximum Gasteiger partial charge on any atom is 0.224 e. The van der Waals surface area contributed by atoms with Gasteiger partial charge in [-0.25, -0.2) is 0 Å². The molecule has 2 rings (SSSR count). The Labute approximate surface area is 127 Å². The summed E-state index contributed by atoms with van der Waals surface area (Å²) in [6.07, 6.45) is 4.92. The van der Waals surface area contributed by atoms with Crippen LogP contribution in [0.3, 0.4) is 0 Å². The van der Waals surface area contributed by atoms with Crippen molar-refractivity contribution < 1.29 is 4.79 Å². The summed E-state index contributed by atoms with van der Waals surface area (Å²) in [6.45, 7) is 8.52. The van der Waals surface area contributed by atoms with Crippen LogP contribution in [-0.2, 0) is 11.8 Å². The van der Waals surface area contributed by atoms with Gasteiger partial charge in [0.15, 0.2) is 0 Å². The van der Waals surface area contributed by atoms with Gasteiger partial charge in [-0.15, -0.1) is 0 Å². The minimum Gasteiger partial charge on any atom is -0.323 e. The van der Waals surface area contributed by atoms with Crippen molar-refractivity contribution in [3.8, 4) is 0 Å². The van der Waals surface area contributed by atoms with Crippen LogP contribution in [-0.4, -0.2) is 28.8 Å². The van der Waals surface area contributed by atoms with Crippen LogP contribution in [0.5, 0.6) is 0 Å².